The Bertz CT molecular complexity index is 1390. The van der Waals surface area contributed by atoms with Crippen LogP contribution in [0, 0.1) is 0 Å². The Hall–Kier alpha value is -3.94. The van der Waals surface area contributed by atoms with Crippen molar-refractivity contribution < 1.29 is 9.59 Å². The number of fused-ring (bicyclic) bond motifs is 1. The van der Waals surface area contributed by atoms with Crippen LogP contribution in [0.1, 0.15) is 82.5 Å². The van der Waals surface area contributed by atoms with Gasteiger partial charge in [0.1, 0.15) is 11.3 Å². The maximum atomic E-state index is 13.2. The fraction of sp³-hybridized carbons (Fsp3) is 0.379. The molecule has 8 nitrogen and oxygen atoms in total. The van der Waals surface area contributed by atoms with Crippen molar-refractivity contribution in [1.29, 1.82) is 0 Å². The van der Waals surface area contributed by atoms with Crippen LogP contribution in [0.2, 0.25) is 0 Å². The maximum absolute atomic E-state index is 13.2. The highest BCUT2D eigenvalue weighted by molar-refractivity contribution is 5.94. The number of imidazole rings is 1. The minimum Gasteiger partial charge on any atom is -0.348 e. The predicted octanol–water partition coefficient (Wildman–Crippen LogP) is 4.60. The summed E-state index contributed by atoms with van der Waals surface area (Å²) in [5, 5.41) is 7.47. The molecule has 0 bridgehead atoms. The van der Waals surface area contributed by atoms with Crippen LogP contribution in [0.4, 0.5) is 0 Å². The molecule has 37 heavy (non-hydrogen) atoms. The lowest BCUT2D eigenvalue weighted by Crippen LogP contribution is -2.39. The number of carbonyl (C=O) groups excluding carboxylic acids is 2. The molecule has 1 saturated heterocycles. The minimum absolute atomic E-state index is 0.0888. The second-order valence-electron chi connectivity index (χ2n) is 10.2. The Labute approximate surface area is 216 Å². The first-order valence-electron chi connectivity index (χ1n) is 13.3. The van der Waals surface area contributed by atoms with E-state index in [9.17, 15) is 9.59 Å². The number of pyridine rings is 1. The van der Waals surface area contributed by atoms with Gasteiger partial charge in [-0.25, -0.2) is 4.98 Å². The normalized spacial score (nSPS) is 16.9. The number of amides is 2. The topological polar surface area (TPSA) is 84.5 Å². The van der Waals surface area contributed by atoms with Crippen LogP contribution in [-0.4, -0.2) is 49.0 Å². The molecule has 2 amide bonds. The van der Waals surface area contributed by atoms with Crippen LogP contribution in [0.5, 0.6) is 0 Å². The Balaban J connectivity index is 1.02. The van der Waals surface area contributed by atoms with E-state index in [4.69, 9.17) is 0 Å². The zero-order chi connectivity index (χ0) is 25.2. The average Bonchev–Trinajstić information content (AvgIpc) is 3.73. The van der Waals surface area contributed by atoms with Crippen molar-refractivity contribution in [2.75, 3.05) is 13.1 Å². The molecule has 4 heterocycles. The Kier molecular flexibility index (Phi) is 6.47. The van der Waals surface area contributed by atoms with Crippen molar-refractivity contribution in [3.8, 4) is 0 Å². The number of carbonyl (C=O) groups is 2. The molecule has 0 unspecified atom stereocenters. The zero-order valence-electron chi connectivity index (χ0n) is 20.9. The second-order valence-corrected chi connectivity index (χ2v) is 10.2. The fourth-order valence-corrected chi connectivity index (χ4v) is 5.75. The van der Waals surface area contributed by atoms with E-state index < -0.39 is 0 Å². The summed E-state index contributed by atoms with van der Waals surface area (Å²) in [5.41, 5.74) is 4.48. The number of aromatic nitrogens is 4. The maximum Gasteiger partial charge on any atom is 0.272 e. The van der Waals surface area contributed by atoms with E-state index >= 15 is 0 Å². The average molecular weight is 497 g/mol. The van der Waals surface area contributed by atoms with Crippen molar-refractivity contribution in [2.45, 2.75) is 57.0 Å². The first-order chi connectivity index (χ1) is 18.2. The number of rotatable bonds is 6. The summed E-state index contributed by atoms with van der Waals surface area (Å²) in [4.78, 5) is 32.2. The monoisotopic (exact) mass is 496 g/mol. The van der Waals surface area contributed by atoms with Crippen molar-refractivity contribution in [2.24, 2.45) is 0 Å². The molecular weight excluding hydrogens is 464 g/mol. The number of nitrogens with one attached hydrogen (secondary N) is 1. The molecule has 0 spiro atoms. The van der Waals surface area contributed by atoms with Gasteiger partial charge in [0.2, 0.25) is 0 Å². The lowest BCUT2D eigenvalue weighted by atomic mass is 9.89. The Morgan fingerprint density at radius 2 is 1.70 bits per heavy atom. The van der Waals surface area contributed by atoms with Crippen LogP contribution in [0.25, 0.3) is 5.65 Å². The third-order valence-electron chi connectivity index (χ3n) is 7.90. The van der Waals surface area contributed by atoms with Crippen molar-refractivity contribution in [1.82, 2.24) is 29.4 Å². The van der Waals surface area contributed by atoms with E-state index in [0.29, 0.717) is 24.1 Å². The smallest absolute Gasteiger partial charge is 0.272 e. The van der Waals surface area contributed by atoms with Crippen LogP contribution in [0.3, 0.4) is 0 Å². The molecule has 4 aromatic rings. The largest absolute Gasteiger partial charge is 0.348 e. The number of likely N-dealkylation sites (tertiary alicyclic amines) is 1. The first-order valence-corrected chi connectivity index (χ1v) is 13.3. The third kappa shape index (κ3) is 4.88. The van der Waals surface area contributed by atoms with Gasteiger partial charge in [0.25, 0.3) is 11.8 Å². The van der Waals surface area contributed by atoms with Crippen LogP contribution >= 0.6 is 0 Å². The summed E-state index contributed by atoms with van der Waals surface area (Å²) < 4.78 is 3.90. The molecule has 1 aromatic carbocycles. The first kappa shape index (κ1) is 23.5. The molecule has 3 aromatic heterocycles. The Morgan fingerprint density at radius 3 is 2.49 bits per heavy atom. The molecule has 2 fully saturated rings. The van der Waals surface area contributed by atoms with Gasteiger partial charge in [-0.1, -0.05) is 25.0 Å². The lowest BCUT2D eigenvalue weighted by Gasteiger charge is -2.32. The van der Waals surface area contributed by atoms with Crippen molar-refractivity contribution in [3.63, 3.8) is 0 Å². The number of hydrogen-bond acceptors (Lipinski definition) is 4. The van der Waals surface area contributed by atoms with Gasteiger partial charge in [0, 0.05) is 50.0 Å². The van der Waals surface area contributed by atoms with Gasteiger partial charge < -0.3 is 14.6 Å². The summed E-state index contributed by atoms with van der Waals surface area (Å²) in [7, 11) is 0. The van der Waals surface area contributed by atoms with Crippen LogP contribution < -0.4 is 5.32 Å². The molecule has 1 aliphatic heterocycles. The highest BCUT2D eigenvalue weighted by Crippen LogP contribution is 2.32. The molecule has 1 N–H and O–H groups in total. The van der Waals surface area contributed by atoms with Crippen LogP contribution in [-0.2, 0) is 6.54 Å². The van der Waals surface area contributed by atoms with E-state index in [-0.39, 0.29) is 11.8 Å². The molecule has 2 aliphatic rings. The summed E-state index contributed by atoms with van der Waals surface area (Å²) in [6.45, 7) is 1.93. The molecule has 1 aliphatic carbocycles. The van der Waals surface area contributed by atoms with Gasteiger partial charge in [0.05, 0.1) is 6.04 Å². The summed E-state index contributed by atoms with van der Waals surface area (Å²) in [6.07, 6.45) is 13.9. The van der Waals surface area contributed by atoms with Gasteiger partial charge in [-0.2, -0.15) is 5.10 Å². The molecule has 0 radical (unpaired) electrons. The number of piperidine rings is 1. The lowest BCUT2D eigenvalue weighted by molar-refractivity contribution is 0.0697. The Morgan fingerprint density at radius 1 is 0.919 bits per heavy atom. The summed E-state index contributed by atoms with van der Waals surface area (Å²) in [6, 6.07) is 14.1. The molecule has 0 atom stereocenters. The second kappa shape index (κ2) is 10.2. The highest BCUT2D eigenvalue weighted by Gasteiger charge is 2.29. The van der Waals surface area contributed by atoms with Gasteiger partial charge in [-0.05, 0) is 73.1 Å². The molecule has 1 saturated carbocycles. The fourth-order valence-electron chi connectivity index (χ4n) is 5.75. The van der Waals surface area contributed by atoms with Crippen molar-refractivity contribution in [3.05, 3.63) is 89.6 Å². The summed E-state index contributed by atoms with van der Waals surface area (Å²) in [5.74, 6) is 0.401. The van der Waals surface area contributed by atoms with E-state index in [1.54, 1.807) is 12.4 Å². The minimum atomic E-state index is -0.0888. The van der Waals surface area contributed by atoms with E-state index in [2.05, 4.69) is 27.5 Å². The van der Waals surface area contributed by atoms with Gasteiger partial charge in [-0.3, -0.25) is 14.3 Å². The number of hydrogen-bond donors (Lipinski definition) is 1. The highest BCUT2D eigenvalue weighted by atomic mass is 16.2. The van der Waals surface area contributed by atoms with E-state index in [1.165, 1.54) is 18.4 Å². The SMILES string of the molecule is O=C(NCc1ccn2ccnc2c1)c1ccc(C2CCN(C(=O)c3ccnn3C3CCCC3)CC2)cc1. The zero-order valence-corrected chi connectivity index (χ0v) is 20.9. The predicted molar refractivity (Wildman–Crippen MR) is 140 cm³/mol. The molecule has 8 heteroatoms. The van der Waals surface area contributed by atoms with Gasteiger partial charge >= 0.3 is 0 Å². The van der Waals surface area contributed by atoms with E-state index in [0.717, 1.165) is 55.7 Å². The standard InChI is InChI=1S/C29H32N6O2/c36-28(31-20-21-10-15-33-18-14-30-27(33)19-21)24-7-5-22(6-8-24)23-11-16-34(17-12-23)29(37)26-9-13-32-35(26)25-3-1-2-4-25/h5-10,13-15,18-19,23,25H,1-4,11-12,16-17,20H2,(H,31,36). The van der Waals surface area contributed by atoms with Gasteiger partial charge in [-0.15, -0.1) is 0 Å². The summed E-state index contributed by atoms with van der Waals surface area (Å²) >= 11 is 0. The van der Waals surface area contributed by atoms with E-state index in [1.807, 2.05) is 56.7 Å². The number of nitrogens with zero attached hydrogens (tertiary/aromatic N) is 5. The molecule has 190 valence electrons. The molecule has 6 rings (SSSR count). The quantitative estimate of drug-likeness (QED) is 0.423. The molecular formula is C29H32N6O2. The van der Waals surface area contributed by atoms with Crippen LogP contribution in [0.15, 0.2) is 67.3 Å². The van der Waals surface area contributed by atoms with Crippen molar-refractivity contribution >= 4 is 17.5 Å². The third-order valence-corrected chi connectivity index (χ3v) is 7.90. The van der Waals surface area contributed by atoms with Gasteiger partial charge in [0.15, 0.2) is 0 Å². The number of benzene rings is 1.